The van der Waals surface area contributed by atoms with Crippen molar-refractivity contribution in [2.75, 3.05) is 5.32 Å². The predicted molar refractivity (Wildman–Crippen MR) is 155 cm³/mol. The first-order chi connectivity index (χ1) is 17.3. The Hall–Kier alpha value is -2.63. The number of furan rings is 1. The van der Waals surface area contributed by atoms with E-state index < -0.39 is 5.91 Å². The molecular weight excluding hydrogens is 656 g/mol. The fourth-order valence-electron chi connectivity index (χ4n) is 3.41. The molecule has 2 aromatic heterocycles. The van der Waals surface area contributed by atoms with Gasteiger partial charge in [-0.1, -0.05) is 40.9 Å². The SMILES string of the molecule is O=C(NC(=S)Nc1ccc2oc(-c3cc(I)ccc3Cl)nc2c1)c1ccc(-c2cccc(Cl)c2Cl)o1. The Bertz CT molecular complexity index is 1650. The van der Waals surface area contributed by atoms with Crippen molar-refractivity contribution in [3.05, 3.63) is 91.1 Å². The minimum Gasteiger partial charge on any atom is -0.451 e. The average molecular weight is 669 g/mol. The number of oxazole rings is 1. The van der Waals surface area contributed by atoms with E-state index in [2.05, 4.69) is 38.2 Å². The van der Waals surface area contributed by atoms with Crippen LogP contribution < -0.4 is 10.6 Å². The molecule has 0 aliphatic rings. The maximum Gasteiger partial charge on any atom is 0.293 e. The van der Waals surface area contributed by atoms with Gasteiger partial charge in [-0.25, -0.2) is 4.98 Å². The van der Waals surface area contributed by atoms with Crippen LogP contribution in [0, 0.1) is 3.57 Å². The van der Waals surface area contributed by atoms with Crippen LogP contribution in [0.3, 0.4) is 0 Å². The monoisotopic (exact) mass is 667 g/mol. The zero-order valence-electron chi connectivity index (χ0n) is 17.9. The fraction of sp³-hybridized carbons (Fsp3) is 0. The van der Waals surface area contributed by atoms with Gasteiger partial charge in [-0.3, -0.25) is 10.1 Å². The molecule has 0 atom stereocenters. The van der Waals surface area contributed by atoms with Crippen LogP contribution in [0.1, 0.15) is 10.6 Å². The molecule has 3 aromatic carbocycles. The van der Waals surface area contributed by atoms with Crippen LogP contribution >= 0.6 is 69.6 Å². The van der Waals surface area contributed by atoms with Gasteiger partial charge in [0.1, 0.15) is 11.3 Å². The number of hydrogen-bond donors (Lipinski definition) is 2. The normalized spacial score (nSPS) is 11.0. The number of anilines is 1. The van der Waals surface area contributed by atoms with Crippen molar-refractivity contribution in [2.45, 2.75) is 0 Å². The number of amides is 1. The molecule has 5 rings (SSSR count). The predicted octanol–water partition coefficient (Wildman–Crippen LogP) is 8.45. The average Bonchev–Trinajstić information content (AvgIpc) is 3.49. The molecule has 2 N–H and O–H groups in total. The summed E-state index contributed by atoms with van der Waals surface area (Å²) in [4.78, 5) is 17.2. The highest BCUT2D eigenvalue weighted by Gasteiger charge is 2.17. The Kier molecular flexibility index (Phi) is 7.23. The molecule has 0 unspecified atom stereocenters. The summed E-state index contributed by atoms with van der Waals surface area (Å²) in [6.07, 6.45) is 0. The van der Waals surface area contributed by atoms with E-state index in [4.69, 9.17) is 55.9 Å². The van der Waals surface area contributed by atoms with Crippen molar-refractivity contribution in [1.82, 2.24) is 10.3 Å². The van der Waals surface area contributed by atoms with E-state index >= 15 is 0 Å². The smallest absolute Gasteiger partial charge is 0.293 e. The van der Waals surface area contributed by atoms with Gasteiger partial charge in [-0.05, 0) is 95.5 Å². The van der Waals surface area contributed by atoms with E-state index in [1.807, 2.05) is 12.1 Å². The number of thiocarbonyl (C=S) groups is 1. The number of aromatic nitrogens is 1. The number of carbonyl (C=O) groups excluding carboxylic acids is 1. The van der Waals surface area contributed by atoms with Crippen LogP contribution in [0.4, 0.5) is 5.69 Å². The first-order valence-corrected chi connectivity index (χ1v) is 12.9. The van der Waals surface area contributed by atoms with E-state index in [0.29, 0.717) is 54.6 Å². The minimum absolute atomic E-state index is 0.0659. The van der Waals surface area contributed by atoms with Crippen molar-refractivity contribution in [1.29, 1.82) is 0 Å². The summed E-state index contributed by atoms with van der Waals surface area (Å²) in [5.41, 5.74) is 3.09. The third-order valence-electron chi connectivity index (χ3n) is 5.08. The van der Waals surface area contributed by atoms with Crippen LogP contribution in [0.15, 0.2) is 75.6 Å². The van der Waals surface area contributed by atoms with Gasteiger partial charge >= 0.3 is 0 Å². The number of hydrogen-bond acceptors (Lipinski definition) is 5. The van der Waals surface area contributed by atoms with Gasteiger partial charge in [0.05, 0.1) is 20.6 Å². The molecular formula is C25H13Cl3IN3O3S. The maximum atomic E-state index is 12.6. The number of nitrogens with one attached hydrogen (secondary N) is 2. The quantitative estimate of drug-likeness (QED) is 0.148. The Balaban J connectivity index is 1.29. The van der Waals surface area contributed by atoms with Gasteiger partial charge in [-0.15, -0.1) is 0 Å². The first kappa shape index (κ1) is 25.0. The van der Waals surface area contributed by atoms with Crippen LogP contribution in [0.5, 0.6) is 0 Å². The second-order valence-electron chi connectivity index (χ2n) is 7.50. The van der Waals surface area contributed by atoms with Gasteiger partial charge < -0.3 is 14.2 Å². The summed E-state index contributed by atoms with van der Waals surface area (Å²) in [5, 5.41) is 6.92. The van der Waals surface area contributed by atoms with Gasteiger partial charge in [-0.2, -0.15) is 0 Å². The van der Waals surface area contributed by atoms with Gasteiger partial charge in [0.15, 0.2) is 16.5 Å². The molecule has 180 valence electrons. The highest BCUT2D eigenvalue weighted by molar-refractivity contribution is 14.1. The molecule has 2 heterocycles. The molecule has 0 saturated carbocycles. The topological polar surface area (TPSA) is 80.3 Å². The van der Waals surface area contributed by atoms with Gasteiger partial charge in [0, 0.05) is 14.8 Å². The number of nitrogens with zero attached hydrogens (tertiary/aromatic N) is 1. The van der Waals surface area contributed by atoms with Crippen molar-refractivity contribution < 1.29 is 13.6 Å². The molecule has 11 heteroatoms. The van der Waals surface area contributed by atoms with Gasteiger partial charge in [0.2, 0.25) is 5.89 Å². The standard InChI is InChI=1S/C25H13Cl3IN3O3S/c26-16-6-4-12(29)10-15(16)24-31-18-11-13(5-7-20(18)35-24)30-25(36)32-23(33)21-9-8-19(34-21)14-2-1-3-17(27)22(14)28/h1-11H,(H2,30,32,33,36). The number of carbonyl (C=O) groups is 1. The summed E-state index contributed by atoms with van der Waals surface area (Å²) in [5.74, 6) is 0.369. The summed E-state index contributed by atoms with van der Waals surface area (Å²) in [6, 6.07) is 19.2. The van der Waals surface area contributed by atoms with Crippen LogP contribution in [0.25, 0.3) is 33.9 Å². The molecule has 0 aliphatic carbocycles. The van der Waals surface area contributed by atoms with E-state index in [9.17, 15) is 4.79 Å². The lowest BCUT2D eigenvalue weighted by atomic mass is 10.2. The summed E-state index contributed by atoms with van der Waals surface area (Å²) in [7, 11) is 0. The number of fused-ring (bicyclic) bond motifs is 1. The lowest BCUT2D eigenvalue weighted by Gasteiger charge is -2.08. The summed E-state index contributed by atoms with van der Waals surface area (Å²) < 4.78 is 12.5. The summed E-state index contributed by atoms with van der Waals surface area (Å²) >= 11 is 26.1. The molecule has 36 heavy (non-hydrogen) atoms. The lowest BCUT2D eigenvalue weighted by molar-refractivity contribution is 0.0951. The van der Waals surface area contributed by atoms with Crippen molar-refractivity contribution in [3.8, 4) is 22.8 Å². The Labute approximate surface area is 239 Å². The maximum absolute atomic E-state index is 12.6. The molecule has 0 spiro atoms. The first-order valence-electron chi connectivity index (χ1n) is 10.3. The number of rotatable bonds is 4. The lowest BCUT2D eigenvalue weighted by Crippen LogP contribution is -2.33. The molecule has 0 radical (unpaired) electrons. The highest BCUT2D eigenvalue weighted by atomic mass is 127. The highest BCUT2D eigenvalue weighted by Crippen LogP contribution is 2.34. The number of halogens is 4. The second-order valence-corrected chi connectivity index (χ2v) is 10.3. The van der Waals surface area contributed by atoms with Crippen LogP contribution in [-0.2, 0) is 0 Å². The minimum atomic E-state index is -0.518. The van der Waals surface area contributed by atoms with Crippen molar-refractivity contribution in [3.63, 3.8) is 0 Å². The van der Waals surface area contributed by atoms with Crippen molar-refractivity contribution in [2.24, 2.45) is 0 Å². The summed E-state index contributed by atoms with van der Waals surface area (Å²) in [6.45, 7) is 0. The third-order valence-corrected chi connectivity index (χ3v) is 7.10. The Morgan fingerprint density at radius 2 is 1.75 bits per heavy atom. The molecule has 0 saturated heterocycles. The van der Waals surface area contributed by atoms with E-state index in [1.165, 1.54) is 6.07 Å². The van der Waals surface area contributed by atoms with E-state index in [1.54, 1.807) is 48.5 Å². The molecule has 6 nitrogen and oxygen atoms in total. The fourth-order valence-corrected chi connectivity index (χ4v) is 4.70. The molecule has 0 fully saturated rings. The molecule has 0 aliphatic heterocycles. The van der Waals surface area contributed by atoms with Crippen molar-refractivity contribution >= 4 is 97.4 Å². The second kappa shape index (κ2) is 10.4. The zero-order valence-corrected chi connectivity index (χ0v) is 23.2. The Morgan fingerprint density at radius 3 is 2.58 bits per heavy atom. The number of benzene rings is 3. The molecule has 1 amide bonds. The third kappa shape index (κ3) is 5.23. The van der Waals surface area contributed by atoms with Gasteiger partial charge in [0.25, 0.3) is 5.91 Å². The zero-order chi connectivity index (χ0) is 25.4. The van der Waals surface area contributed by atoms with E-state index in [0.717, 1.165) is 3.57 Å². The van der Waals surface area contributed by atoms with Crippen LogP contribution in [-0.4, -0.2) is 16.0 Å². The largest absolute Gasteiger partial charge is 0.451 e. The molecule has 5 aromatic rings. The van der Waals surface area contributed by atoms with Crippen LogP contribution in [0.2, 0.25) is 15.1 Å². The van der Waals surface area contributed by atoms with E-state index in [-0.39, 0.29) is 10.9 Å². The molecule has 0 bridgehead atoms. The Morgan fingerprint density at radius 1 is 0.917 bits per heavy atom.